The zero-order valence-corrected chi connectivity index (χ0v) is 11.4. The summed E-state index contributed by atoms with van der Waals surface area (Å²) >= 11 is 0. The molecule has 1 amide bonds. The number of anilines is 1. The van der Waals surface area contributed by atoms with E-state index < -0.39 is 40.7 Å². The van der Waals surface area contributed by atoms with Crippen molar-refractivity contribution in [2.75, 3.05) is 5.32 Å². The van der Waals surface area contributed by atoms with Crippen LogP contribution in [-0.2, 0) is 0 Å². The molecule has 2 rings (SSSR count). The molecule has 0 heterocycles. The average molecular weight is 322 g/mol. The van der Waals surface area contributed by atoms with Crippen LogP contribution in [0.3, 0.4) is 0 Å². The predicted molar refractivity (Wildman–Crippen MR) is 77.2 cm³/mol. The van der Waals surface area contributed by atoms with E-state index in [0.29, 0.717) is 6.07 Å². The normalized spacial score (nSPS) is 10.3. The van der Waals surface area contributed by atoms with Crippen LogP contribution in [0.25, 0.3) is 0 Å². The summed E-state index contributed by atoms with van der Waals surface area (Å²) in [6.45, 7) is 0. The third kappa shape index (κ3) is 3.68. The molecule has 0 unspecified atom stereocenters. The average Bonchev–Trinajstić information content (AvgIpc) is 2.48. The van der Waals surface area contributed by atoms with Gasteiger partial charge in [-0.25, -0.2) is 8.78 Å². The van der Waals surface area contributed by atoms with Crippen LogP contribution < -0.4 is 10.8 Å². The first kappa shape index (κ1) is 16.5. The molecule has 0 fully saturated rings. The summed E-state index contributed by atoms with van der Waals surface area (Å²) in [7, 11) is -2.04. The number of benzene rings is 2. The number of nitrogens with zero attached hydrogens (tertiary/aromatic N) is 1. The molecule has 118 valence electrons. The van der Waals surface area contributed by atoms with Gasteiger partial charge in [0.15, 0.2) is 0 Å². The lowest BCUT2D eigenvalue weighted by Crippen LogP contribution is -2.33. The van der Waals surface area contributed by atoms with Gasteiger partial charge in [-0.05, 0) is 24.3 Å². The second-order valence-corrected chi connectivity index (χ2v) is 4.48. The zero-order valence-electron chi connectivity index (χ0n) is 11.4. The number of hydrogen-bond acceptors (Lipinski definition) is 5. The van der Waals surface area contributed by atoms with Gasteiger partial charge in [0.25, 0.3) is 11.6 Å². The van der Waals surface area contributed by atoms with Crippen LogP contribution in [0.15, 0.2) is 36.4 Å². The number of carbonyl (C=O) groups excluding carboxylic acids is 1. The lowest BCUT2D eigenvalue weighted by Gasteiger charge is -2.08. The van der Waals surface area contributed by atoms with Crippen molar-refractivity contribution in [2.24, 2.45) is 0 Å². The largest absolute Gasteiger partial charge is 0.491 e. The molecule has 0 saturated carbocycles. The first-order valence-corrected chi connectivity index (χ1v) is 6.20. The van der Waals surface area contributed by atoms with Crippen molar-refractivity contribution < 1.29 is 28.5 Å². The summed E-state index contributed by atoms with van der Waals surface area (Å²) in [6.07, 6.45) is 0. The molecule has 3 N–H and O–H groups in total. The van der Waals surface area contributed by atoms with E-state index in [1.54, 1.807) is 0 Å². The molecular formula is C13H9BF2N2O5. The van der Waals surface area contributed by atoms with Gasteiger partial charge in [0.1, 0.15) is 17.3 Å². The monoisotopic (exact) mass is 322 g/mol. The van der Waals surface area contributed by atoms with Crippen molar-refractivity contribution in [3.63, 3.8) is 0 Å². The second kappa shape index (κ2) is 6.50. The standard InChI is InChI=1S/C13H9BF2N2O5/c15-8-2-4-11(12(6-8)18(22)23)17-13(19)7-1-3-9(14(20)21)10(16)5-7/h1-6,20-21H,(H,17,19). The van der Waals surface area contributed by atoms with Crippen LogP contribution in [0, 0.1) is 21.7 Å². The fourth-order valence-corrected chi connectivity index (χ4v) is 1.83. The summed E-state index contributed by atoms with van der Waals surface area (Å²) < 4.78 is 26.6. The van der Waals surface area contributed by atoms with E-state index in [0.717, 1.165) is 30.3 Å². The van der Waals surface area contributed by atoms with Gasteiger partial charge in [0, 0.05) is 11.0 Å². The highest BCUT2D eigenvalue weighted by Crippen LogP contribution is 2.25. The lowest BCUT2D eigenvalue weighted by molar-refractivity contribution is -0.384. The predicted octanol–water partition coefficient (Wildman–Crippen LogP) is 0.805. The Kier molecular flexibility index (Phi) is 4.67. The van der Waals surface area contributed by atoms with Crippen molar-refractivity contribution in [2.45, 2.75) is 0 Å². The Bertz CT molecular complexity index is 785. The highest BCUT2D eigenvalue weighted by molar-refractivity contribution is 6.58. The molecule has 0 saturated heterocycles. The van der Waals surface area contributed by atoms with Crippen molar-refractivity contribution in [1.29, 1.82) is 0 Å². The number of nitro groups is 1. The van der Waals surface area contributed by atoms with Gasteiger partial charge in [0.05, 0.1) is 11.0 Å². The van der Waals surface area contributed by atoms with Gasteiger partial charge in [-0.15, -0.1) is 0 Å². The maximum Gasteiger partial charge on any atom is 0.491 e. The highest BCUT2D eigenvalue weighted by Gasteiger charge is 2.20. The molecule has 0 aliphatic heterocycles. The molecule has 0 bridgehead atoms. The fourth-order valence-electron chi connectivity index (χ4n) is 1.83. The van der Waals surface area contributed by atoms with E-state index in [4.69, 9.17) is 10.0 Å². The summed E-state index contributed by atoms with van der Waals surface area (Å²) in [4.78, 5) is 22.0. The fraction of sp³-hybridized carbons (Fsp3) is 0. The number of rotatable bonds is 4. The third-order valence-electron chi connectivity index (χ3n) is 2.95. The topological polar surface area (TPSA) is 113 Å². The van der Waals surface area contributed by atoms with Crippen molar-refractivity contribution in [3.05, 3.63) is 63.7 Å². The molecular weight excluding hydrogens is 313 g/mol. The molecule has 2 aromatic rings. The number of hydrogen-bond donors (Lipinski definition) is 3. The molecule has 10 heteroatoms. The van der Waals surface area contributed by atoms with Gasteiger partial charge < -0.3 is 15.4 Å². The van der Waals surface area contributed by atoms with Gasteiger partial charge in [0.2, 0.25) is 0 Å². The molecule has 2 aromatic carbocycles. The van der Waals surface area contributed by atoms with Crippen LogP contribution in [0.4, 0.5) is 20.2 Å². The van der Waals surface area contributed by atoms with Crippen LogP contribution in [0.5, 0.6) is 0 Å². The van der Waals surface area contributed by atoms with Gasteiger partial charge in [-0.3, -0.25) is 14.9 Å². The Morgan fingerprint density at radius 3 is 2.43 bits per heavy atom. The molecule has 0 aliphatic carbocycles. The Labute approximate surface area is 128 Å². The first-order chi connectivity index (χ1) is 10.8. The molecule has 0 aliphatic rings. The van der Waals surface area contributed by atoms with Crippen LogP contribution in [0.1, 0.15) is 10.4 Å². The Balaban J connectivity index is 2.30. The van der Waals surface area contributed by atoms with E-state index in [2.05, 4.69) is 5.32 Å². The van der Waals surface area contributed by atoms with Crippen molar-refractivity contribution >= 4 is 29.9 Å². The molecule has 0 atom stereocenters. The third-order valence-corrected chi connectivity index (χ3v) is 2.95. The van der Waals surface area contributed by atoms with E-state index >= 15 is 0 Å². The van der Waals surface area contributed by atoms with E-state index in [9.17, 15) is 23.7 Å². The summed E-state index contributed by atoms with van der Waals surface area (Å²) in [6, 6.07) is 5.43. The molecule has 0 aromatic heterocycles. The molecule has 7 nitrogen and oxygen atoms in total. The molecule has 23 heavy (non-hydrogen) atoms. The number of halogens is 2. The summed E-state index contributed by atoms with van der Waals surface area (Å²) in [5.41, 5.74) is -1.53. The minimum Gasteiger partial charge on any atom is -0.423 e. The quantitative estimate of drug-likeness (QED) is 0.438. The highest BCUT2D eigenvalue weighted by atomic mass is 19.1. The number of nitro benzene ring substituents is 1. The Hall–Kier alpha value is -2.85. The smallest absolute Gasteiger partial charge is 0.423 e. The zero-order chi connectivity index (χ0) is 17.1. The maximum atomic E-state index is 13.6. The van der Waals surface area contributed by atoms with E-state index in [1.807, 2.05) is 0 Å². The van der Waals surface area contributed by atoms with Crippen molar-refractivity contribution in [3.8, 4) is 0 Å². The SMILES string of the molecule is O=C(Nc1ccc(F)cc1[N+](=O)[O-])c1ccc(B(O)O)c(F)c1. The summed E-state index contributed by atoms with van der Waals surface area (Å²) in [5.74, 6) is -2.75. The van der Waals surface area contributed by atoms with Gasteiger partial charge >= 0.3 is 7.12 Å². The number of nitrogens with one attached hydrogen (secondary N) is 1. The van der Waals surface area contributed by atoms with Gasteiger partial charge in [-0.1, -0.05) is 6.07 Å². The number of carbonyl (C=O) groups is 1. The Morgan fingerprint density at radius 1 is 1.17 bits per heavy atom. The van der Waals surface area contributed by atoms with Gasteiger partial charge in [-0.2, -0.15) is 0 Å². The first-order valence-electron chi connectivity index (χ1n) is 6.20. The van der Waals surface area contributed by atoms with Crippen LogP contribution >= 0.6 is 0 Å². The maximum absolute atomic E-state index is 13.6. The van der Waals surface area contributed by atoms with Crippen molar-refractivity contribution in [1.82, 2.24) is 0 Å². The van der Waals surface area contributed by atoms with Crippen LogP contribution in [0.2, 0.25) is 0 Å². The van der Waals surface area contributed by atoms with E-state index in [1.165, 1.54) is 0 Å². The number of amides is 1. The Morgan fingerprint density at radius 2 is 1.87 bits per heavy atom. The minimum atomic E-state index is -2.04. The second-order valence-electron chi connectivity index (χ2n) is 4.48. The molecule has 0 spiro atoms. The lowest BCUT2D eigenvalue weighted by atomic mass is 9.79. The van der Waals surface area contributed by atoms with E-state index in [-0.39, 0.29) is 11.3 Å². The van der Waals surface area contributed by atoms with Crippen LogP contribution in [-0.4, -0.2) is 28.0 Å². The molecule has 0 radical (unpaired) electrons. The minimum absolute atomic E-state index is 0.203. The summed E-state index contributed by atoms with van der Waals surface area (Å²) in [5, 5.41) is 30.8.